The fraction of sp³-hybridized carbons (Fsp3) is 0.639. The number of methoxy groups -OCH3 is 1. The van der Waals surface area contributed by atoms with Gasteiger partial charge in [-0.25, -0.2) is 8.42 Å². The minimum atomic E-state index is -3.72. The average molecular weight is 640 g/mol. The Balaban J connectivity index is 1.13. The third-order valence-electron chi connectivity index (χ3n) is 10.5. The number of hydrogen-bond acceptors (Lipinski definition) is 6. The molecule has 2 aromatic carbocycles. The summed E-state index contributed by atoms with van der Waals surface area (Å²) in [5, 5.41) is 0. The number of likely N-dealkylation sites (tertiary alicyclic amines) is 1. The van der Waals surface area contributed by atoms with E-state index in [4.69, 9.17) is 9.47 Å². The van der Waals surface area contributed by atoms with Crippen LogP contribution in [0.5, 0.6) is 5.75 Å². The van der Waals surface area contributed by atoms with E-state index in [1.54, 1.807) is 23.5 Å². The maximum Gasteiger partial charge on any atom is 0.248 e. The lowest BCUT2D eigenvalue weighted by Gasteiger charge is -2.47. The van der Waals surface area contributed by atoms with Gasteiger partial charge in [-0.1, -0.05) is 36.8 Å². The van der Waals surface area contributed by atoms with Crippen LogP contribution in [0.4, 0.5) is 0 Å². The Hall–Kier alpha value is -2.46. The Bertz CT molecular complexity index is 1360. The van der Waals surface area contributed by atoms with Crippen LogP contribution in [-0.2, 0) is 26.0 Å². The highest BCUT2D eigenvalue weighted by Crippen LogP contribution is 2.41. The first-order chi connectivity index (χ1) is 21.6. The Morgan fingerprint density at radius 1 is 0.956 bits per heavy atom. The molecule has 1 atom stereocenters. The molecule has 2 aromatic rings. The first-order valence-electron chi connectivity index (χ1n) is 16.9. The smallest absolute Gasteiger partial charge is 0.248 e. The molecule has 5 rings (SSSR count). The number of aryl methyl sites for hydroxylation is 2. The van der Waals surface area contributed by atoms with Gasteiger partial charge in [-0.15, -0.1) is 0 Å². The molecular weight excluding hydrogens is 586 g/mol. The number of nitrogens with zero attached hydrogens (tertiary/aromatic N) is 3. The lowest BCUT2D eigenvalue weighted by molar-refractivity contribution is -0.136. The maximum absolute atomic E-state index is 13.8. The molecule has 9 heteroatoms. The van der Waals surface area contributed by atoms with Gasteiger partial charge in [0.2, 0.25) is 15.9 Å². The number of amides is 1. The summed E-state index contributed by atoms with van der Waals surface area (Å²) in [6.07, 6.45) is 10.8. The third-order valence-corrected chi connectivity index (χ3v) is 12.7. The van der Waals surface area contributed by atoms with Gasteiger partial charge in [0.25, 0.3) is 0 Å². The van der Waals surface area contributed by atoms with Gasteiger partial charge in [0.1, 0.15) is 12.4 Å². The molecule has 1 saturated carbocycles. The molecule has 1 aliphatic carbocycles. The first-order valence-corrected chi connectivity index (χ1v) is 18.3. The minimum Gasteiger partial charge on any atom is -0.497 e. The fourth-order valence-electron chi connectivity index (χ4n) is 8.06. The normalized spacial score (nSPS) is 24.9. The quantitative estimate of drug-likeness (QED) is 0.301. The highest BCUT2D eigenvalue weighted by molar-refractivity contribution is 7.89. The number of carbonyl (C=O) groups is 1. The van der Waals surface area contributed by atoms with Crippen molar-refractivity contribution < 1.29 is 22.7 Å². The zero-order valence-corrected chi connectivity index (χ0v) is 28.6. The van der Waals surface area contributed by atoms with Crippen LogP contribution in [0.3, 0.4) is 0 Å². The molecule has 8 nitrogen and oxygen atoms in total. The second-order valence-electron chi connectivity index (χ2n) is 13.7. The maximum atomic E-state index is 13.8. The number of likely N-dealkylation sites (N-methyl/N-ethyl adjacent to an activating group) is 1. The van der Waals surface area contributed by atoms with E-state index in [2.05, 4.69) is 35.2 Å². The molecule has 0 N–H and O–H groups in total. The van der Waals surface area contributed by atoms with E-state index in [0.717, 1.165) is 45.1 Å². The van der Waals surface area contributed by atoms with Crippen LogP contribution in [0.2, 0.25) is 0 Å². The number of carbonyl (C=O) groups excluding carboxylic acids is 1. The fourth-order valence-corrected chi connectivity index (χ4v) is 10.2. The SMILES string of the molecule is COc1cc(C)c(S(=O)(=O)N2CCCCC2COCC(=O)N(C)CC2CCC(Cc3ccccc3)(N3CCCC3)CC2)c(C)c1. The van der Waals surface area contributed by atoms with Gasteiger partial charge in [-0.3, -0.25) is 9.69 Å². The summed E-state index contributed by atoms with van der Waals surface area (Å²) in [7, 11) is -0.256. The van der Waals surface area contributed by atoms with Crippen LogP contribution in [0.15, 0.2) is 47.4 Å². The summed E-state index contributed by atoms with van der Waals surface area (Å²) < 4.78 is 40.6. The monoisotopic (exact) mass is 639 g/mol. The van der Waals surface area contributed by atoms with Crippen molar-refractivity contribution in [3.05, 3.63) is 59.2 Å². The second-order valence-corrected chi connectivity index (χ2v) is 15.5. The minimum absolute atomic E-state index is 0.0279. The lowest BCUT2D eigenvalue weighted by Crippen LogP contribution is -2.52. The molecule has 0 bridgehead atoms. The summed E-state index contributed by atoms with van der Waals surface area (Å²) in [5.41, 5.74) is 3.00. The van der Waals surface area contributed by atoms with Crippen molar-refractivity contribution in [2.75, 3.05) is 53.6 Å². The predicted molar refractivity (Wildman–Crippen MR) is 178 cm³/mol. The van der Waals surface area contributed by atoms with Crippen molar-refractivity contribution in [2.24, 2.45) is 5.92 Å². The number of piperidine rings is 1. The van der Waals surface area contributed by atoms with Gasteiger partial charge in [-0.05, 0) is 119 Å². The number of sulfonamides is 1. The van der Waals surface area contributed by atoms with Crippen LogP contribution in [0.25, 0.3) is 0 Å². The van der Waals surface area contributed by atoms with E-state index in [0.29, 0.717) is 34.2 Å². The van der Waals surface area contributed by atoms with Crippen molar-refractivity contribution in [3.8, 4) is 5.75 Å². The van der Waals surface area contributed by atoms with Gasteiger partial charge >= 0.3 is 0 Å². The molecule has 45 heavy (non-hydrogen) atoms. The topological polar surface area (TPSA) is 79.4 Å². The second kappa shape index (κ2) is 15.0. The van der Waals surface area contributed by atoms with Crippen LogP contribution in [-0.4, -0.2) is 93.6 Å². The molecule has 248 valence electrons. The lowest BCUT2D eigenvalue weighted by atomic mass is 9.72. The molecule has 0 spiro atoms. The zero-order chi connectivity index (χ0) is 32.0. The molecule has 1 amide bonds. The van der Waals surface area contributed by atoms with E-state index in [-0.39, 0.29) is 30.7 Å². The van der Waals surface area contributed by atoms with Crippen LogP contribution < -0.4 is 4.74 Å². The standard InChI is InChI=1S/C36H53N3O5S/c1-28-22-33(43-4)23-29(2)35(28)45(41,42)39-21-9-8-14-32(39)26-44-27-34(40)37(3)25-31-15-17-36(18-16-31,38-19-10-11-20-38)24-30-12-6-5-7-13-30/h5-7,12-13,22-23,31-32H,8-11,14-21,24-27H2,1-4H3. The molecule has 0 aromatic heterocycles. The van der Waals surface area contributed by atoms with Crippen molar-refractivity contribution in [2.45, 2.75) is 94.5 Å². The Morgan fingerprint density at radius 3 is 2.24 bits per heavy atom. The summed E-state index contributed by atoms with van der Waals surface area (Å²) in [4.78, 5) is 18.1. The van der Waals surface area contributed by atoms with Gasteiger partial charge < -0.3 is 14.4 Å². The van der Waals surface area contributed by atoms with E-state index >= 15 is 0 Å². The van der Waals surface area contributed by atoms with Crippen LogP contribution in [0.1, 0.15) is 74.5 Å². The molecule has 2 saturated heterocycles. The number of rotatable bonds is 12. The third kappa shape index (κ3) is 7.92. The molecule has 3 aliphatic rings. The van der Waals surface area contributed by atoms with Gasteiger partial charge in [0.05, 0.1) is 18.6 Å². The largest absolute Gasteiger partial charge is 0.497 e. The number of benzene rings is 2. The molecular formula is C36H53N3O5S. The summed E-state index contributed by atoms with van der Waals surface area (Å²) >= 11 is 0. The summed E-state index contributed by atoms with van der Waals surface area (Å²) in [6, 6.07) is 14.2. The molecule has 2 heterocycles. The predicted octanol–water partition coefficient (Wildman–Crippen LogP) is 5.60. The average Bonchev–Trinajstić information content (AvgIpc) is 3.58. The number of hydrogen-bond donors (Lipinski definition) is 0. The molecule has 0 radical (unpaired) electrons. The number of ether oxygens (including phenoxy) is 2. The Labute approximate surface area is 271 Å². The van der Waals surface area contributed by atoms with Gasteiger partial charge in [-0.2, -0.15) is 4.31 Å². The Morgan fingerprint density at radius 2 is 1.60 bits per heavy atom. The van der Waals surface area contributed by atoms with Crippen LogP contribution in [0, 0.1) is 19.8 Å². The highest BCUT2D eigenvalue weighted by atomic mass is 32.2. The molecule has 1 unspecified atom stereocenters. The molecule has 3 fully saturated rings. The van der Waals surface area contributed by atoms with E-state index in [9.17, 15) is 13.2 Å². The van der Waals surface area contributed by atoms with Gasteiger partial charge in [0.15, 0.2) is 0 Å². The summed E-state index contributed by atoms with van der Waals surface area (Å²) in [6.45, 7) is 7.42. The van der Waals surface area contributed by atoms with E-state index in [1.807, 2.05) is 25.8 Å². The van der Waals surface area contributed by atoms with Gasteiger partial charge in [0, 0.05) is 31.7 Å². The Kier molecular flexibility index (Phi) is 11.3. The van der Waals surface area contributed by atoms with Crippen molar-refractivity contribution >= 4 is 15.9 Å². The molecule has 2 aliphatic heterocycles. The van der Waals surface area contributed by atoms with Crippen molar-refractivity contribution in [1.82, 2.24) is 14.1 Å². The van der Waals surface area contributed by atoms with Crippen LogP contribution >= 0.6 is 0 Å². The zero-order valence-electron chi connectivity index (χ0n) is 27.8. The first kappa shape index (κ1) is 33.9. The van der Waals surface area contributed by atoms with E-state index < -0.39 is 10.0 Å². The van der Waals surface area contributed by atoms with E-state index in [1.165, 1.54) is 44.3 Å². The van der Waals surface area contributed by atoms with Crippen molar-refractivity contribution in [1.29, 1.82) is 0 Å². The summed E-state index contributed by atoms with van der Waals surface area (Å²) in [5.74, 6) is 1.10. The highest BCUT2D eigenvalue weighted by Gasteiger charge is 2.41. The van der Waals surface area contributed by atoms with Crippen molar-refractivity contribution in [3.63, 3.8) is 0 Å².